The lowest BCUT2D eigenvalue weighted by Gasteiger charge is -2.38. The molecule has 6 aromatic rings. The van der Waals surface area contributed by atoms with E-state index < -0.39 is 35.3 Å². The van der Waals surface area contributed by atoms with Gasteiger partial charge in [-0.1, -0.05) is 48.0 Å². The van der Waals surface area contributed by atoms with Crippen molar-refractivity contribution in [1.82, 2.24) is 8.96 Å². The molecule has 4 aromatic carbocycles. The smallest absolute Gasteiger partial charge is 0.337 e. The average molecular weight is 702 g/mol. The number of ether oxygens (including phenoxy) is 1. The highest BCUT2D eigenvalue weighted by Crippen LogP contribution is 2.46. The van der Waals surface area contributed by atoms with Crippen molar-refractivity contribution in [2.24, 2.45) is 0 Å². The third-order valence-corrected chi connectivity index (χ3v) is 10.1. The third-order valence-electron chi connectivity index (χ3n) is 8.45. The number of aromatic nitrogens is 2. The van der Waals surface area contributed by atoms with Crippen molar-refractivity contribution in [3.8, 4) is 33.6 Å². The molecule has 2 aromatic heterocycles. The Morgan fingerprint density at radius 1 is 0.980 bits per heavy atom. The van der Waals surface area contributed by atoms with Crippen LogP contribution in [0.2, 0.25) is 5.02 Å². The molecule has 0 bridgehead atoms. The first kappa shape index (κ1) is 32.6. The van der Waals surface area contributed by atoms with Gasteiger partial charge in [-0.25, -0.2) is 22.2 Å². The molecule has 1 N–H and O–H groups in total. The highest BCUT2D eigenvalue weighted by atomic mass is 35.5. The Balaban J connectivity index is 1.50. The lowest BCUT2D eigenvalue weighted by atomic mass is 9.96. The number of aliphatic hydroxyl groups excluding tert-OH is 1. The number of alkyl halides is 2. The summed E-state index contributed by atoms with van der Waals surface area (Å²) in [6.45, 7) is 0.748. The minimum atomic E-state index is -2.70. The van der Waals surface area contributed by atoms with E-state index in [1.807, 2.05) is 29.2 Å². The Kier molecular flexibility index (Phi) is 8.74. The standard InChI is InChI=1S/C37H27ClF3N3O4S/c1-48-37(46)24-9-13-28(30(38)17-24)22-4-2-5-23(16-22)35-33(34-32(6-3-15-42-34)43-19-26(45)20-43)29-18-25(39)10-14-31(29)44(35)49(47)27-11-7-21(8-12-27)36(40)41/h2-18,26,36,45H,19-20H2,1H3. The lowest BCUT2D eigenvalue weighted by Crippen LogP contribution is -2.51. The Morgan fingerprint density at radius 2 is 1.73 bits per heavy atom. The molecular weight excluding hydrogens is 675 g/mol. The number of halogens is 4. The van der Waals surface area contributed by atoms with Crippen molar-refractivity contribution in [1.29, 1.82) is 0 Å². The first-order valence-electron chi connectivity index (χ1n) is 15.2. The van der Waals surface area contributed by atoms with E-state index in [1.54, 1.807) is 34.4 Å². The van der Waals surface area contributed by atoms with Crippen LogP contribution in [0.1, 0.15) is 22.3 Å². The number of pyridine rings is 1. The maximum Gasteiger partial charge on any atom is 0.337 e. The van der Waals surface area contributed by atoms with Gasteiger partial charge in [0.05, 0.1) is 46.3 Å². The molecule has 0 saturated carbocycles. The number of fused-ring (bicyclic) bond motifs is 1. The van der Waals surface area contributed by atoms with Crippen LogP contribution in [0.5, 0.6) is 0 Å². The first-order chi connectivity index (χ1) is 23.6. The van der Waals surface area contributed by atoms with Crippen molar-refractivity contribution >= 4 is 45.1 Å². The number of benzene rings is 4. The topological polar surface area (TPSA) is 84.7 Å². The van der Waals surface area contributed by atoms with Crippen LogP contribution in [-0.4, -0.2) is 50.5 Å². The van der Waals surface area contributed by atoms with Gasteiger partial charge in [-0.2, -0.15) is 0 Å². The van der Waals surface area contributed by atoms with Crippen molar-refractivity contribution in [2.75, 3.05) is 25.1 Å². The maximum absolute atomic E-state index is 15.1. The highest BCUT2D eigenvalue weighted by molar-refractivity contribution is 7.83. The number of hydrogen-bond donors (Lipinski definition) is 1. The van der Waals surface area contributed by atoms with Crippen LogP contribution in [0.3, 0.4) is 0 Å². The predicted octanol–water partition coefficient (Wildman–Crippen LogP) is 8.31. The van der Waals surface area contributed by atoms with Crippen LogP contribution in [0.25, 0.3) is 44.5 Å². The van der Waals surface area contributed by atoms with Crippen LogP contribution in [0.4, 0.5) is 18.9 Å². The summed E-state index contributed by atoms with van der Waals surface area (Å²) in [4.78, 5) is 19.1. The number of carbonyl (C=O) groups excluding carboxylic acids is 1. The fourth-order valence-electron chi connectivity index (χ4n) is 6.07. The highest BCUT2D eigenvalue weighted by Gasteiger charge is 2.31. The molecule has 1 fully saturated rings. The average Bonchev–Trinajstić information content (AvgIpc) is 3.43. The van der Waals surface area contributed by atoms with Gasteiger partial charge in [0.25, 0.3) is 6.43 Å². The fraction of sp³-hybridized carbons (Fsp3) is 0.135. The molecule has 0 spiro atoms. The van der Waals surface area contributed by atoms with Crippen molar-refractivity contribution < 1.29 is 32.0 Å². The van der Waals surface area contributed by atoms with E-state index in [0.29, 0.717) is 68.3 Å². The van der Waals surface area contributed by atoms with Crippen molar-refractivity contribution in [3.63, 3.8) is 0 Å². The van der Waals surface area contributed by atoms with Crippen LogP contribution in [-0.2, 0) is 15.7 Å². The van der Waals surface area contributed by atoms with Gasteiger partial charge in [-0.3, -0.25) is 8.96 Å². The van der Waals surface area contributed by atoms with Gasteiger partial charge < -0.3 is 14.7 Å². The zero-order valence-electron chi connectivity index (χ0n) is 25.8. The van der Waals surface area contributed by atoms with Gasteiger partial charge >= 0.3 is 5.97 Å². The Morgan fingerprint density at radius 3 is 2.43 bits per heavy atom. The third kappa shape index (κ3) is 5.98. The second kappa shape index (κ2) is 13.1. The van der Waals surface area contributed by atoms with Gasteiger partial charge in [0, 0.05) is 51.9 Å². The number of anilines is 1. The second-order valence-corrected chi connectivity index (χ2v) is 13.2. The van der Waals surface area contributed by atoms with E-state index in [2.05, 4.69) is 0 Å². The minimum absolute atomic E-state index is 0.209. The summed E-state index contributed by atoms with van der Waals surface area (Å²) < 4.78 is 62.9. The molecule has 0 radical (unpaired) electrons. The molecule has 7 nitrogen and oxygen atoms in total. The molecule has 3 heterocycles. The zero-order valence-corrected chi connectivity index (χ0v) is 27.4. The largest absolute Gasteiger partial charge is 0.465 e. The normalized spacial score (nSPS) is 13.9. The van der Waals surface area contributed by atoms with Crippen LogP contribution >= 0.6 is 11.6 Å². The van der Waals surface area contributed by atoms with E-state index in [4.69, 9.17) is 21.3 Å². The molecule has 1 saturated heterocycles. The monoisotopic (exact) mass is 701 g/mol. The number of esters is 1. The molecule has 1 unspecified atom stereocenters. The van der Waals surface area contributed by atoms with Crippen molar-refractivity contribution in [3.05, 3.63) is 125 Å². The summed E-state index contributed by atoms with van der Waals surface area (Å²) in [5, 5.41) is 10.9. The van der Waals surface area contributed by atoms with Crippen molar-refractivity contribution in [2.45, 2.75) is 17.4 Å². The SMILES string of the molecule is COC(=O)c1ccc(-c2cccc(-c3c(-c4ncccc4N4CC(O)C4)c4cc(F)ccc4n3S(=O)c3ccc(C(F)F)cc3)c2)c(Cl)c1. The van der Waals surface area contributed by atoms with Crippen LogP contribution in [0, 0.1) is 5.82 Å². The summed E-state index contributed by atoms with van der Waals surface area (Å²) in [5.74, 6) is -1.05. The number of hydrogen-bond acceptors (Lipinski definition) is 6. The second-order valence-electron chi connectivity index (χ2n) is 11.5. The van der Waals surface area contributed by atoms with E-state index in [0.717, 1.165) is 0 Å². The Bertz CT molecular complexity index is 2250. The molecule has 1 aliphatic heterocycles. The number of rotatable bonds is 8. The van der Waals surface area contributed by atoms with Crippen LogP contribution < -0.4 is 4.90 Å². The summed E-state index contributed by atoms with van der Waals surface area (Å²) in [6.07, 6.45) is -1.60. The van der Waals surface area contributed by atoms with Gasteiger partial charge in [-0.15, -0.1) is 0 Å². The summed E-state index contributed by atoms with van der Waals surface area (Å²) in [7, 11) is -0.718. The summed E-state index contributed by atoms with van der Waals surface area (Å²) >= 11 is 6.67. The molecule has 1 atom stereocenters. The number of nitrogens with zero attached hydrogens (tertiary/aromatic N) is 3. The molecule has 7 rings (SSSR count). The van der Waals surface area contributed by atoms with Gasteiger partial charge in [0.1, 0.15) is 5.82 Å². The van der Waals surface area contributed by atoms with Crippen LogP contribution in [0.15, 0.2) is 108 Å². The zero-order chi connectivity index (χ0) is 34.4. The number of aliphatic hydroxyl groups is 1. The summed E-state index contributed by atoms with van der Waals surface area (Å²) in [5.41, 5.74) is 4.47. The number of carbonyl (C=O) groups is 1. The van der Waals surface area contributed by atoms with Gasteiger partial charge in [-0.05, 0) is 66.2 Å². The number of β-amino-alcohol motifs (C(OH)–C–C–N with tert-alkyl or cyclic N) is 1. The molecule has 1 aliphatic rings. The van der Waals surface area contributed by atoms with Gasteiger partial charge in [0.2, 0.25) is 0 Å². The maximum atomic E-state index is 15.1. The first-order valence-corrected chi connectivity index (χ1v) is 16.6. The molecule has 0 aliphatic carbocycles. The Labute approximate surface area is 286 Å². The number of methoxy groups -OCH3 is 1. The predicted molar refractivity (Wildman–Crippen MR) is 184 cm³/mol. The molecule has 12 heteroatoms. The quantitative estimate of drug-likeness (QED) is 0.161. The Hall–Kier alpha value is -4.97. The molecule has 49 heavy (non-hydrogen) atoms. The minimum Gasteiger partial charge on any atom is -0.465 e. The lowest BCUT2D eigenvalue weighted by molar-refractivity contribution is 0.0600. The van der Waals surface area contributed by atoms with E-state index in [-0.39, 0.29) is 16.0 Å². The van der Waals surface area contributed by atoms with E-state index >= 15 is 4.39 Å². The molecule has 248 valence electrons. The molecular formula is C37H27ClF3N3O4S. The van der Waals surface area contributed by atoms with E-state index in [1.165, 1.54) is 55.6 Å². The molecule has 0 amide bonds. The van der Waals surface area contributed by atoms with E-state index in [9.17, 15) is 22.9 Å². The van der Waals surface area contributed by atoms with Gasteiger partial charge in [0.15, 0.2) is 11.0 Å². The summed E-state index contributed by atoms with van der Waals surface area (Å²) in [6, 6.07) is 25.2. The fourth-order valence-corrected chi connectivity index (χ4v) is 7.64.